The number of carbonyl (C=O) groups is 2. The highest BCUT2D eigenvalue weighted by Crippen LogP contribution is 2.25. The molecule has 1 saturated heterocycles. The molecule has 2 rings (SSSR count). The number of carboxylic acid groups (broad SMARTS) is 1. The number of amides is 1. The van der Waals surface area contributed by atoms with E-state index in [1.165, 1.54) is 17.0 Å². The van der Waals surface area contributed by atoms with E-state index in [-0.39, 0.29) is 30.8 Å². The number of likely N-dealkylation sites (tertiary alicyclic amines) is 1. The van der Waals surface area contributed by atoms with E-state index >= 15 is 0 Å². The van der Waals surface area contributed by atoms with Gasteiger partial charge in [0.25, 0.3) is 0 Å². The van der Waals surface area contributed by atoms with Gasteiger partial charge in [0.2, 0.25) is 0 Å². The van der Waals surface area contributed by atoms with Gasteiger partial charge in [-0.3, -0.25) is 0 Å². The first-order valence-corrected chi connectivity index (χ1v) is 7.78. The first kappa shape index (κ1) is 18.0. The summed E-state index contributed by atoms with van der Waals surface area (Å²) in [6, 6.07) is 6.11. The molecular formula is C17H22FNO5. The van der Waals surface area contributed by atoms with Crippen LogP contribution in [0.5, 0.6) is 5.75 Å². The normalized spacial score (nSPS) is 21.2. The fourth-order valence-electron chi connectivity index (χ4n) is 2.42. The summed E-state index contributed by atoms with van der Waals surface area (Å²) in [6.45, 7) is 5.38. The highest BCUT2D eigenvalue weighted by atomic mass is 19.1. The van der Waals surface area contributed by atoms with Crippen LogP contribution in [0.4, 0.5) is 9.18 Å². The number of alkyl halides is 1. The van der Waals surface area contributed by atoms with Crippen LogP contribution in [-0.2, 0) is 4.74 Å². The number of carbonyl (C=O) groups excluding carboxylic acids is 1. The van der Waals surface area contributed by atoms with Gasteiger partial charge < -0.3 is 19.5 Å². The van der Waals surface area contributed by atoms with Gasteiger partial charge in [-0.05, 0) is 32.9 Å². The predicted octanol–water partition coefficient (Wildman–Crippen LogP) is 3.11. The molecule has 1 amide bonds. The molecule has 1 heterocycles. The average molecular weight is 339 g/mol. The van der Waals surface area contributed by atoms with Crippen molar-refractivity contribution in [1.82, 2.24) is 4.90 Å². The number of hydrogen-bond donors (Lipinski definition) is 1. The smallest absolute Gasteiger partial charge is 0.410 e. The number of nitrogens with zero attached hydrogens (tertiary/aromatic N) is 1. The second kappa shape index (κ2) is 7.07. The van der Waals surface area contributed by atoms with Gasteiger partial charge in [-0.25, -0.2) is 14.0 Å². The van der Waals surface area contributed by atoms with Crippen molar-refractivity contribution in [2.45, 2.75) is 45.1 Å². The Balaban J connectivity index is 2.00. The van der Waals surface area contributed by atoms with E-state index in [0.717, 1.165) is 0 Å². The molecule has 7 heteroatoms. The summed E-state index contributed by atoms with van der Waals surface area (Å²) in [7, 11) is 0. The minimum absolute atomic E-state index is 0.0146. The van der Waals surface area contributed by atoms with Crippen molar-refractivity contribution in [1.29, 1.82) is 0 Å². The van der Waals surface area contributed by atoms with Crippen LogP contribution >= 0.6 is 0 Å². The molecule has 0 aromatic heterocycles. The summed E-state index contributed by atoms with van der Waals surface area (Å²) < 4.78 is 25.2. The summed E-state index contributed by atoms with van der Waals surface area (Å²) in [5, 5.41) is 9.14. The second-order valence-electron chi connectivity index (χ2n) is 6.69. The summed E-state index contributed by atoms with van der Waals surface area (Å²) >= 11 is 0. The lowest BCUT2D eigenvalue weighted by atomic mass is 10.1. The number of halogens is 1. The highest BCUT2D eigenvalue weighted by molar-refractivity contribution is 5.90. The van der Waals surface area contributed by atoms with E-state index < -0.39 is 29.9 Å². The summed E-state index contributed by atoms with van der Waals surface area (Å²) in [5.41, 5.74) is -0.657. The maximum atomic E-state index is 14.4. The number of rotatable bonds is 3. The van der Waals surface area contributed by atoms with Crippen molar-refractivity contribution in [3.8, 4) is 5.75 Å². The van der Waals surface area contributed by atoms with Crippen LogP contribution < -0.4 is 4.74 Å². The van der Waals surface area contributed by atoms with Gasteiger partial charge in [0, 0.05) is 13.0 Å². The number of ether oxygens (including phenoxy) is 2. The lowest BCUT2D eigenvalue weighted by Crippen LogP contribution is -2.50. The van der Waals surface area contributed by atoms with Crippen LogP contribution in [0.1, 0.15) is 37.6 Å². The third-order valence-electron chi connectivity index (χ3n) is 3.53. The number of piperidine rings is 1. The summed E-state index contributed by atoms with van der Waals surface area (Å²) in [5.74, 6) is -1.00. The Kier molecular flexibility index (Phi) is 5.31. The Bertz CT molecular complexity index is 613. The van der Waals surface area contributed by atoms with Crippen molar-refractivity contribution >= 4 is 12.1 Å². The molecule has 1 aromatic rings. The number of carboxylic acids is 1. The number of aromatic carboxylic acids is 1. The van der Waals surface area contributed by atoms with E-state index in [9.17, 15) is 14.0 Å². The van der Waals surface area contributed by atoms with Gasteiger partial charge in [0.05, 0.1) is 6.54 Å². The van der Waals surface area contributed by atoms with Crippen molar-refractivity contribution in [3.63, 3.8) is 0 Å². The molecule has 2 atom stereocenters. The van der Waals surface area contributed by atoms with E-state index in [1.807, 2.05) is 0 Å². The molecule has 1 fully saturated rings. The molecule has 24 heavy (non-hydrogen) atoms. The van der Waals surface area contributed by atoms with Crippen molar-refractivity contribution in [2.75, 3.05) is 13.1 Å². The van der Waals surface area contributed by atoms with Crippen LogP contribution in [-0.4, -0.2) is 53.0 Å². The molecule has 2 unspecified atom stereocenters. The van der Waals surface area contributed by atoms with Crippen molar-refractivity contribution < 1.29 is 28.6 Å². The molecule has 1 aliphatic heterocycles. The molecule has 0 aliphatic carbocycles. The van der Waals surface area contributed by atoms with E-state index in [4.69, 9.17) is 14.6 Å². The fourth-order valence-corrected chi connectivity index (χ4v) is 2.42. The summed E-state index contributed by atoms with van der Waals surface area (Å²) in [4.78, 5) is 24.5. The topological polar surface area (TPSA) is 76.1 Å². The third-order valence-corrected chi connectivity index (χ3v) is 3.53. The van der Waals surface area contributed by atoms with Gasteiger partial charge >= 0.3 is 12.1 Å². The monoisotopic (exact) mass is 339 g/mol. The Morgan fingerprint density at radius 2 is 1.96 bits per heavy atom. The number of benzene rings is 1. The van der Waals surface area contributed by atoms with Crippen LogP contribution in [0.15, 0.2) is 24.3 Å². The Hall–Kier alpha value is -2.31. The molecule has 1 N–H and O–H groups in total. The Morgan fingerprint density at radius 1 is 1.29 bits per heavy atom. The second-order valence-corrected chi connectivity index (χ2v) is 6.69. The van der Waals surface area contributed by atoms with Gasteiger partial charge in [0.1, 0.15) is 23.0 Å². The molecule has 0 radical (unpaired) electrons. The maximum absolute atomic E-state index is 14.4. The maximum Gasteiger partial charge on any atom is 0.410 e. The summed E-state index contributed by atoms with van der Waals surface area (Å²) in [6.07, 6.45) is -2.53. The highest BCUT2D eigenvalue weighted by Gasteiger charge is 2.35. The molecule has 1 aromatic carbocycles. The lowest BCUT2D eigenvalue weighted by Gasteiger charge is -2.35. The predicted molar refractivity (Wildman–Crippen MR) is 85.1 cm³/mol. The molecule has 1 aliphatic rings. The van der Waals surface area contributed by atoms with E-state index in [2.05, 4.69) is 0 Å². The largest absolute Gasteiger partial charge is 0.486 e. The molecule has 132 valence electrons. The zero-order valence-electron chi connectivity index (χ0n) is 14.0. The van der Waals surface area contributed by atoms with Gasteiger partial charge in [0.15, 0.2) is 6.17 Å². The zero-order valence-corrected chi connectivity index (χ0v) is 14.0. The minimum Gasteiger partial charge on any atom is -0.486 e. The van der Waals surface area contributed by atoms with Gasteiger partial charge in [-0.2, -0.15) is 0 Å². The minimum atomic E-state index is -1.42. The SMILES string of the molecule is CC(C)(C)OC(=O)N1CCC(Oc2ccccc2C(=O)O)C(F)C1. The van der Waals surface area contributed by atoms with Crippen LogP contribution in [0.25, 0.3) is 0 Å². The first-order valence-electron chi connectivity index (χ1n) is 7.78. The molecular weight excluding hydrogens is 317 g/mol. The Morgan fingerprint density at radius 3 is 2.54 bits per heavy atom. The first-order chi connectivity index (χ1) is 11.2. The van der Waals surface area contributed by atoms with Crippen LogP contribution in [0, 0.1) is 0 Å². The standard InChI is InChI=1S/C17H22FNO5/c1-17(2,3)24-16(22)19-9-8-14(12(18)10-19)23-13-7-5-4-6-11(13)15(20)21/h4-7,12,14H,8-10H2,1-3H3,(H,20,21). The zero-order chi connectivity index (χ0) is 17.9. The number of para-hydroxylation sites is 1. The van der Waals surface area contributed by atoms with Gasteiger partial charge in [-0.15, -0.1) is 0 Å². The van der Waals surface area contributed by atoms with Crippen molar-refractivity contribution in [3.05, 3.63) is 29.8 Å². The number of hydrogen-bond acceptors (Lipinski definition) is 4. The van der Waals surface area contributed by atoms with E-state index in [0.29, 0.717) is 0 Å². The molecule has 0 saturated carbocycles. The van der Waals surface area contributed by atoms with Crippen LogP contribution in [0.3, 0.4) is 0 Å². The molecule has 0 bridgehead atoms. The quantitative estimate of drug-likeness (QED) is 0.916. The Labute approximate surface area is 140 Å². The fraction of sp³-hybridized carbons (Fsp3) is 0.529. The van der Waals surface area contributed by atoms with Crippen LogP contribution in [0.2, 0.25) is 0 Å². The third kappa shape index (κ3) is 4.59. The molecule has 0 spiro atoms. The molecule has 6 nitrogen and oxygen atoms in total. The van der Waals surface area contributed by atoms with Gasteiger partial charge in [-0.1, -0.05) is 12.1 Å². The van der Waals surface area contributed by atoms with E-state index in [1.54, 1.807) is 32.9 Å². The lowest BCUT2D eigenvalue weighted by molar-refractivity contribution is -0.0107. The average Bonchev–Trinajstić information content (AvgIpc) is 2.47. The van der Waals surface area contributed by atoms with Crippen molar-refractivity contribution in [2.24, 2.45) is 0 Å².